The van der Waals surface area contributed by atoms with E-state index in [0.29, 0.717) is 17.9 Å². The topological polar surface area (TPSA) is 62.7 Å². The molecule has 33 heavy (non-hydrogen) atoms. The fourth-order valence-corrected chi connectivity index (χ4v) is 4.98. The number of piperidine rings is 2. The molecular formula is C27H35N3O3. The van der Waals surface area contributed by atoms with Crippen molar-refractivity contribution in [2.24, 2.45) is 0 Å². The second kappa shape index (κ2) is 10.8. The number of hydrogen-bond acceptors (Lipinski definition) is 4. The zero-order chi connectivity index (χ0) is 23.2. The Labute approximate surface area is 196 Å². The second-order valence-electron chi connectivity index (χ2n) is 9.28. The van der Waals surface area contributed by atoms with Crippen LogP contribution >= 0.6 is 0 Å². The molecule has 2 aliphatic heterocycles. The Morgan fingerprint density at radius 1 is 1.00 bits per heavy atom. The Morgan fingerprint density at radius 3 is 2.39 bits per heavy atom. The number of aryl methyl sites for hydroxylation is 2. The van der Waals surface area contributed by atoms with E-state index in [9.17, 15) is 9.59 Å². The summed E-state index contributed by atoms with van der Waals surface area (Å²) < 4.78 is 5.31. The van der Waals surface area contributed by atoms with Gasteiger partial charge in [-0.05, 0) is 74.8 Å². The van der Waals surface area contributed by atoms with Gasteiger partial charge >= 0.3 is 0 Å². The number of carbonyl (C=O) groups is 2. The zero-order valence-corrected chi connectivity index (χ0v) is 19.9. The second-order valence-corrected chi connectivity index (χ2v) is 9.28. The number of aromatic nitrogens is 1. The van der Waals surface area contributed by atoms with E-state index in [0.717, 1.165) is 75.3 Å². The van der Waals surface area contributed by atoms with Crippen molar-refractivity contribution in [2.45, 2.75) is 57.8 Å². The SMILES string of the molecule is COc1ccc(CCC(=O)N2CCC(c3ccc(C(=O)N4CCCCC4)cn3)CC2)cc1C. The van der Waals surface area contributed by atoms with Gasteiger partial charge in [0, 0.05) is 50.4 Å². The summed E-state index contributed by atoms with van der Waals surface area (Å²) in [6.45, 7) is 5.26. The molecule has 0 aliphatic carbocycles. The van der Waals surface area contributed by atoms with Crippen LogP contribution in [0, 0.1) is 6.92 Å². The maximum absolute atomic E-state index is 12.7. The molecule has 0 atom stereocenters. The number of benzene rings is 1. The highest BCUT2D eigenvalue weighted by Crippen LogP contribution is 2.27. The first-order chi connectivity index (χ1) is 16.0. The lowest BCUT2D eigenvalue weighted by Crippen LogP contribution is -2.38. The molecule has 2 saturated heterocycles. The highest BCUT2D eigenvalue weighted by molar-refractivity contribution is 5.94. The van der Waals surface area contributed by atoms with Crippen molar-refractivity contribution in [2.75, 3.05) is 33.3 Å². The highest BCUT2D eigenvalue weighted by atomic mass is 16.5. The molecule has 4 rings (SSSR count). The van der Waals surface area contributed by atoms with E-state index in [2.05, 4.69) is 11.1 Å². The molecule has 2 aliphatic rings. The minimum Gasteiger partial charge on any atom is -0.496 e. The number of rotatable bonds is 6. The largest absolute Gasteiger partial charge is 0.496 e. The first-order valence-corrected chi connectivity index (χ1v) is 12.2. The molecule has 176 valence electrons. The number of ether oxygens (including phenoxy) is 1. The molecule has 0 spiro atoms. The first-order valence-electron chi connectivity index (χ1n) is 12.2. The van der Waals surface area contributed by atoms with Crippen LogP contribution < -0.4 is 4.74 Å². The van der Waals surface area contributed by atoms with Crippen molar-refractivity contribution in [1.29, 1.82) is 0 Å². The van der Waals surface area contributed by atoms with E-state index in [1.54, 1.807) is 13.3 Å². The molecule has 1 aromatic heterocycles. The van der Waals surface area contributed by atoms with Crippen LogP contribution in [-0.2, 0) is 11.2 Å². The summed E-state index contributed by atoms with van der Waals surface area (Å²) in [6, 6.07) is 10.0. The van der Waals surface area contributed by atoms with Gasteiger partial charge in [-0.3, -0.25) is 14.6 Å². The zero-order valence-electron chi connectivity index (χ0n) is 19.9. The van der Waals surface area contributed by atoms with E-state index in [-0.39, 0.29) is 11.8 Å². The molecule has 0 N–H and O–H groups in total. The first kappa shape index (κ1) is 23.3. The minimum atomic E-state index is 0.0984. The Morgan fingerprint density at radius 2 is 1.76 bits per heavy atom. The summed E-state index contributed by atoms with van der Waals surface area (Å²) in [4.78, 5) is 33.9. The fourth-order valence-electron chi connectivity index (χ4n) is 4.98. The smallest absolute Gasteiger partial charge is 0.255 e. The lowest BCUT2D eigenvalue weighted by Gasteiger charge is -2.32. The van der Waals surface area contributed by atoms with Gasteiger partial charge in [0.05, 0.1) is 12.7 Å². The molecule has 2 fully saturated rings. The molecule has 2 amide bonds. The summed E-state index contributed by atoms with van der Waals surface area (Å²) >= 11 is 0. The average molecular weight is 450 g/mol. The molecule has 0 radical (unpaired) electrons. The van der Waals surface area contributed by atoms with Crippen LogP contribution in [0.2, 0.25) is 0 Å². The number of hydrogen-bond donors (Lipinski definition) is 0. The van der Waals surface area contributed by atoms with E-state index >= 15 is 0 Å². The standard InChI is InChI=1S/C27H35N3O3/c1-20-18-21(6-10-25(20)33-2)7-11-26(31)29-16-12-22(13-17-29)24-9-8-23(19-28-24)27(32)30-14-4-3-5-15-30/h6,8-10,18-19,22H,3-5,7,11-17H2,1-2H3. The van der Waals surface area contributed by atoms with E-state index in [1.165, 1.54) is 12.0 Å². The van der Waals surface area contributed by atoms with Crippen molar-refractivity contribution < 1.29 is 14.3 Å². The van der Waals surface area contributed by atoms with Gasteiger partial charge in [0.25, 0.3) is 5.91 Å². The maximum atomic E-state index is 12.7. The van der Waals surface area contributed by atoms with E-state index < -0.39 is 0 Å². The highest BCUT2D eigenvalue weighted by Gasteiger charge is 2.25. The van der Waals surface area contributed by atoms with Gasteiger partial charge in [-0.25, -0.2) is 0 Å². The average Bonchev–Trinajstić information content (AvgIpc) is 2.87. The van der Waals surface area contributed by atoms with Gasteiger partial charge in [-0.1, -0.05) is 12.1 Å². The number of likely N-dealkylation sites (tertiary alicyclic amines) is 2. The van der Waals surface area contributed by atoms with Crippen molar-refractivity contribution in [1.82, 2.24) is 14.8 Å². The third-order valence-corrected chi connectivity index (χ3v) is 7.03. The number of methoxy groups -OCH3 is 1. The molecule has 6 nitrogen and oxygen atoms in total. The maximum Gasteiger partial charge on any atom is 0.255 e. The summed E-state index contributed by atoms with van der Waals surface area (Å²) in [5.41, 5.74) is 3.98. The molecule has 3 heterocycles. The quantitative estimate of drug-likeness (QED) is 0.657. The van der Waals surface area contributed by atoms with E-state index in [4.69, 9.17) is 4.74 Å². The van der Waals surface area contributed by atoms with Gasteiger partial charge in [-0.15, -0.1) is 0 Å². The normalized spacial score (nSPS) is 17.2. The van der Waals surface area contributed by atoms with Crippen molar-refractivity contribution in [3.8, 4) is 5.75 Å². The van der Waals surface area contributed by atoms with Gasteiger partial charge in [0.1, 0.15) is 5.75 Å². The van der Waals surface area contributed by atoms with Crippen LogP contribution in [-0.4, -0.2) is 59.9 Å². The predicted octanol–water partition coefficient (Wildman–Crippen LogP) is 4.36. The van der Waals surface area contributed by atoms with Crippen LogP contribution in [0.3, 0.4) is 0 Å². The predicted molar refractivity (Wildman–Crippen MR) is 129 cm³/mol. The van der Waals surface area contributed by atoms with Crippen molar-refractivity contribution in [3.63, 3.8) is 0 Å². The molecule has 6 heteroatoms. The van der Waals surface area contributed by atoms with Gasteiger partial charge in [0.2, 0.25) is 5.91 Å². The Bertz CT molecular complexity index is 959. The molecule has 2 aromatic rings. The number of carbonyl (C=O) groups excluding carboxylic acids is 2. The Balaban J connectivity index is 1.25. The molecule has 0 unspecified atom stereocenters. The molecule has 1 aromatic carbocycles. The number of nitrogens with zero attached hydrogens (tertiary/aromatic N) is 3. The van der Waals surface area contributed by atoms with Gasteiger partial charge < -0.3 is 14.5 Å². The third-order valence-electron chi connectivity index (χ3n) is 7.03. The van der Waals surface area contributed by atoms with Crippen LogP contribution in [0.1, 0.15) is 71.6 Å². The van der Waals surface area contributed by atoms with Crippen LogP contribution in [0.15, 0.2) is 36.5 Å². The van der Waals surface area contributed by atoms with Crippen LogP contribution in [0.25, 0.3) is 0 Å². The summed E-state index contributed by atoms with van der Waals surface area (Å²) in [5, 5.41) is 0. The lowest BCUT2D eigenvalue weighted by molar-refractivity contribution is -0.132. The fraction of sp³-hybridized carbons (Fsp3) is 0.519. The molecule has 0 bridgehead atoms. The van der Waals surface area contributed by atoms with Crippen LogP contribution in [0.4, 0.5) is 0 Å². The summed E-state index contributed by atoms with van der Waals surface area (Å²) in [5.74, 6) is 1.54. The van der Waals surface area contributed by atoms with Crippen molar-refractivity contribution in [3.05, 3.63) is 58.9 Å². The lowest BCUT2D eigenvalue weighted by atomic mass is 9.92. The Hall–Kier alpha value is -2.89. The monoisotopic (exact) mass is 449 g/mol. The number of amides is 2. The summed E-state index contributed by atoms with van der Waals surface area (Å²) in [7, 11) is 1.67. The third kappa shape index (κ3) is 5.73. The van der Waals surface area contributed by atoms with E-state index in [1.807, 2.05) is 41.0 Å². The summed E-state index contributed by atoms with van der Waals surface area (Å²) in [6.07, 6.45) is 8.24. The molecule has 0 saturated carbocycles. The van der Waals surface area contributed by atoms with Crippen molar-refractivity contribution >= 4 is 11.8 Å². The molecular weight excluding hydrogens is 414 g/mol. The Kier molecular flexibility index (Phi) is 7.63. The van der Waals surface area contributed by atoms with Crippen LogP contribution in [0.5, 0.6) is 5.75 Å². The van der Waals surface area contributed by atoms with Gasteiger partial charge in [-0.2, -0.15) is 0 Å². The van der Waals surface area contributed by atoms with Gasteiger partial charge in [0.15, 0.2) is 0 Å². The number of pyridine rings is 1. The minimum absolute atomic E-state index is 0.0984.